The van der Waals surface area contributed by atoms with Gasteiger partial charge in [-0.25, -0.2) is 0 Å². The van der Waals surface area contributed by atoms with E-state index in [2.05, 4.69) is 12.2 Å². The van der Waals surface area contributed by atoms with Crippen LogP contribution in [0.3, 0.4) is 0 Å². The highest BCUT2D eigenvalue weighted by Gasteiger charge is 2.49. The largest absolute Gasteiger partial charge is 0.508 e. The third kappa shape index (κ3) is 2.35. The van der Waals surface area contributed by atoms with E-state index in [1.165, 1.54) is 38.5 Å². The fraction of sp³-hybridized carbons (Fsp3) is 0.579. The van der Waals surface area contributed by atoms with Crippen LogP contribution in [-0.4, -0.2) is 10.2 Å². The summed E-state index contributed by atoms with van der Waals surface area (Å²) in [7, 11) is 0. The summed E-state index contributed by atoms with van der Waals surface area (Å²) in [5.74, 6) is 3.27. The van der Waals surface area contributed by atoms with E-state index in [-0.39, 0.29) is 11.5 Å². The third-order valence-corrected chi connectivity index (χ3v) is 6.01. The van der Waals surface area contributed by atoms with Gasteiger partial charge in [0.15, 0.2) is 0 Å². The van der Waals surface area contributed by atoms with Gasteiger partial charge < -0.3 is 10.2 Å². The van der Waals surface area contributed by atoms with Crippen molar-refractivity contribution in [3.05, 3.63) is 35.9 Å². The highest BCUT2D eigenvalue weighted by atomic mass is 16.3. The van der Waals surface area contributed by atoms with Crippen molar-refractivity contribution in [2.75, 3.05) is 0 Å². The SMILES string of the molecule is Oc1cccc(O)c1CC=CC12CC3CC(CC(C3)C1)C2. The Morgan fingerprint density at radius 3 is 2.00 bits per heavy atom. The molecule has 21 heavy (non-hydrogen) atoms. The molecule has 0 saturated heterocycles. The molecular weight excluding hydrogens is 260 g/mol. The van der Waals surface area contributed by atoms with E-state index in [1.54, 1.807) is 18.2 Å². The summed E-state index contributed by atoms with van der Waals surface area (Å²) in [6, 6.07) is 4.97. The molecule has 2 nitrogen and oxygen atoms in total. The van der Waals surface area contributed by atoms with Crippen molar-refractivity contribution in [2.45, 2.75) is 44.9 Å². The normalized spacial score (nSPS) is 37.4. The number of hydrogen-bond acceptors (Lipinski definition) is 2. The van der Waals surface area contributed by atoms with Crippen LogP contribution >= 0.6 is 0 Å². The maximum Gasteiger partial charge on any atom is 0.122 e. The minimum atomic E-state index is 0.199. The first kappa shape index (κ1) is 13.2. The second-order valence-corrected chi connectivity index (χ2v) is 7.66. The molecule has 4 aliphatic rings. The number of aromatic hydroxyl groups is 2. The maximum absolute atomic E-state index is 9.86. The minimum Gasteiger partial charge on any atom is -0.508 e. The molecule has 4 bridgehead atoms. The molecule has 1 aromatic carbocycles. The summed E-state index contributed by atoms with van der Waals surface area (Å²) in [6.45, 7) is 0. The van der Waals surface area contributed by atoms with Gasteiger partial charge in [0, 0.05) is 5.56 Å². The average molecular weight is 284 g/mol. The van der Waals surface area contributed by atoms with E-state index < -0.39 is 0 Å². The molecule has 0 amide bonds. The van der Waals surface area contributed by atoms with Gasteiger partial charge in [0.1, 0.15) is 11.5 Å². The molecule has 0 aromatic heterocycles. The first-order chi connectivity index (χ1) is 10.1. The summed E-state index contributed by atoms with van der Waals surface area (Å²) < 4.78 is 0. The van der Waals surface area contributed by atoms with Crippen molar-refractivity contribution in [1.82, 2.24) is 0 Å². The smallest absolute Gasteiger partial charge is 0.122 e. The first-order valence-electron chi connectivity index (χ1n) is 8.31. The number of hydrogen-bond donors (Lipinski definition) is 2. The molecule has 0 atom stereocenters. The van der Waals surface area contributed by atoms with E-state index in [4.69, 9.17) is 0 Å². The lowest BCUT2D eigenvalue weighted by Crippen LogP contribution is -2.44. The predicted molar refractivity (Wildman–Crippen MR) is 83.2 cm³/mol. The number of phenolic OH excluding ortho intramolecular Hbond substituents is 2. The molecule has 4 fully saturated rings. The Morgan fingerprint density at radius 1 is 0.952 bits per heavy atom. The molecule has 2 N–H and O–H groups in total. The van der Waals surface area contributed by atoms with Gasteiger partial charge in [-0.2, -0.15) is 0 Å². The van der Waals surface area contributed by atoms with Gasteiger partial charge >= 0.3 is 0 Å². The maximum atomic E-state index is 9.86. The van der Waals surface area contributed by atoms with E-state index in [0.717, 1.165) is 17.8 Å². The minimum absolute atomic E-state index is 0.199. The van der Waals surface area contributed by atoms with Crippen molar-refractivity contribution in [1.29, 1.82) is 0 Å². The Bertz CT molecular complexity index is 517. The van der Waals surface area contributed by atoms with Gasteiger partial charge in [0.2, 0.25) is 0 Å². The lowest BCUT2D eigenvalue weighted by atomic mass is 9.49. The Hall–Kier alpha value is -1.44. The number of benzene rings is 1. The van der Waals surface area contributed by atoms with Crippen LogP contribution in [0.2, 0.25) is 0 Å². The summed E-state index contributed by atoms with van der Waals surface area (Å²) in [6.07, 6.45) is 13.7. The molecule has 4 aliphatic carbocycles. The van der Waals surface area contributed by atoms with Crippen LogP contribution in [-0.2, 0) is 6.42 Å². The topological polar surface area (TPSA) is 40.5 Å². The lowest BCUT2D eigenvalue weighted by molar-refractivity contribution is -0.0238. The van der Waals surface area contributed by atoms with Crippen LogP contribution in [0.4, 0.5) is 0 Å². The van der Waals surface area contributed by atoms with E-state index in [0.29, 0.717) is 17.4 Å². The molecule has 112 valence electrons. The molecule has 0 radical (unpaired) electrons. The summed E-state index contributed by atoms with van der Waals surface area (Å²) in [4.78, 5) is 0. The van der Waals surface area contributed by atoms with Crippen LogP contribution in [0.5, 0.6) is 11.5 Å². The lowest BCUT2D eigenvalue weighted by Gasteiger charge is -2.56. The van der Waals surface area contributed by atoms with Crippen molar-refractivity contribution in [2.24, 2.45) is 23.2 Å². The molecule has 5 rings (SSSR count). The van der Waals surface area contributed by atoms with Gasteiger partial charge in [0.05, 0.1) is 0 Å². The van der Waals surface area contributed by atoms with Crippen LogP contribution < -0.4 is 0 Å². The van der Waals surface area contributed by atoms with Gasteiger partial charge in [-0.15, -0.1) is 0 Å². The monoisotopic (exact) mass is 284 g/mol. The van der Waals surface area contributed by atoms with Gasteiger partial charge in [-0.05, 0) is 80.2 Å². The average Bonchev–Trinajstić information content (AvgIpc) is 2.40. The van der Waals surface area contributed by atoms with Crippen LogP contribution in [0.1, 0.15) is 44.1 Å². The number of phenols is 2. The van der Waals surface area contributed by atoms with Crippen molar-refractivity contribution in [3.8, 4) is 11.5 Å². The molecule has 2 heteroatoms. The first-order valence-corrected chi connectivity index (χ1v) is 8.31. The van der Waals surface area contributed by atoms with Crippen LogP contribution in [0, 0.1) is 23.2 Å². The zero-order chi connectivity index (χ0) is 14.4. The fourth-order valence-corrected chi connectivity index (χ4v) is 5.58. The fourth-order valence-electron chi connectivity index (χ4n) is 5.58. The van der Waals surface area contributed by atoms with Gasteiger partial charge in [-0.3, -0.25) is 0 Å². The Kier molecular flexibility index (Phi) is 3.02. The van der Waals surface area contributed by atoms with Crippen molar-refractivity contribution in [3.63, 3.8) is 0 Å². The predicted octanol–water partition coefficient (Wildman–Crippen LogP) is 4.41. The van der Waals surface area contributed by atoms with E-state index >= 15 is 0 Å². The van der Waals surface area contributed by atoms with Crippen molar-refractivity contribution < 1.29 is 10.2 Å². The van der Waals surface area contributed by atoms with Gasteiger partial charge in [0.25, 0.3) is 0 Å². The zero-order valence-corrected chi connectivity index (χ0v) is 12.5. The van der Waals surface area contributed by atoms with Gasteiger partial charge in [-0.1, -0.05) is 18.2 Å². The summed E-state index contributed by atoms with van der Waals surface area (Å²) >= 11 is 0. The van der Waals surface area contributed by atoms with E-state index in [9.17, 15) is 10.2 Å². The molecule has 0 heterocycles. The Labute approximate surface area is 126 Å². The molecule has 0 unspecified atom stereocenters. The summed E-state index contributed by atoms with van der Waals surface area (Å²) in [5.41, 5.74) is 1.08. The quantitative estimate of drug-likeness (QED) is 0.807. The molecule has 0 spiro atoms. The Balaban J connectivity index is 1.51. The van der Waals surface area contributed by atoms with E-state index in [1.807, 2.05) is 0 Å². The second kappa shape index (κ2) is 4.79. The molecule has 0 aliphatic heterocycles. The molecule has 1 aromatic rings. The third-order valence-electron chi connectivity index (χ3n) is 6.01. The van der Waals surface area contributed by atoms with Crippen LogP contribution in [0.15, 0.2) is 30.4 Å². The standard InChI is InChI=1S/C19H24O2/c20-17-4-1-5-18(21)16(17)3-2-6-19-10-13-7-14(11-19)9-15(8-13)12-19/h1-2,4-6,13-15,20-21H,3,7-12H2. The second-order valence-electron chi connectivity index (χ2n) is 7.66. The molecular formula is C19H24O2. The van der Waals surface area contributed by atoms with Crippen LogP contribution in [0.25, 0.3) is 0 Å². The Morgan fingerprint density at radius 2 is 1.48 bits per heavy atom. The van der Waals surface area contributed by atoms with Crippen molar-refractivity contribution >= 4 is 0 Å². The number of allylic oxidation sites excluding steroid dienone is 2. The highest BCUT2D eigenvalue weighted by Crippen LogP contribution is 2.60. The zero-order valence-electron chi connectivity index (χ0n) is 12.5. The molecule has 4 saturated carbocycles. The number of rotatable bonds is 3. The summed E-state index contributed by atoms with van der Waals surface area (Å²) in [5, 5.41) is 19.7. The highest BCUT2D eigenvalue weighted by molar-refractivity contribution is 5.44.